The minimum absolute atomic E-state index is 0.0930. The van der Waals surface area contributed by atoms with Gasteiger partial charge in [-0.05, 0) is 31.2 Å². The molecule has 0 saturated carbocycles. The van der Waals surface area contributed by atoms with Gasteiger partial charge in [0.05, 0.1) is 49.3 Å². The zero-order valence-electron chi connectivity index (χ0n) is 16.3. The second kappa shape index (κ2) is 7.67. The van der Waals surface area contributed by atoms with Crippen LogP contribution in [0.15, 0.2) is 48.9 Å². The smallest absolute Gasteiger partial charge is 0.256 e. The lowest BCUT2D eigenvalue weighted by atomic mass is 10.1. The van der Waals surface area contributed by atoms with Crippen LogP contribution in [-0.2, 0) is 0 Å². The standard InChI is InChI=1S/C21H20N4O4/c1-4-29-19-8-5-14(11-22-19)25-12-17-15(21(25)26)6-7-16(24-17)13-9-18(27-2)20(28-3)23-10-13/h5-12,26H,4H2,1-3H3. The minimum atomic E-state index is 0.0930. The van der Waals surface area contributed by atoms with E-state index in [0.29, 0.717) is 46.4 Å². The van der Waals surface area contributed by atoms with Crippen LogP contribution in [0.5, 0.6) is 23.4 Å². The van der Waals surface area contributed by atoms with Gasteiger partial charge in [0, 0.05) is 24.0 Å². The summed E-state index contributed by atoms with van der Waals surface area (Å²) in [6.07, 6.45) is 5.07. The molecule has 148 valence electrons. The van der Waals surface area contributed by atoms with E-state index in [-0.39, 0.29) is 5.88 Å². The number of ether oxygens (including phenoxy) is 3. The van der Waals surface area contributed by atoms with E-state index in [9.17, 15) is 5.11 Å². The minimum Gasteiger partial charge on any atom is -0.494 e. The summed E-state index contributed by atoms with van der Waals surface area (Å²) >= 11 is 0. The van der Waals surface area contributed by atoms with Crippen molar-refractivity contribution < 1.29 is 19.3 Å². The third-order valence-corrected chi connectivity index (χ3v) is 4.46. The third kappa shape index (κ3) is 3.40. The van der Waals surface area contributed by atoms with E-state index in [2.05, 4.69) is 15.0 Å². The van der Waals surface area contributed by atoms with Gasteiger partial charge in [-0.3, -0.25) is 4.57 Å². The first-order chi connectivity index (χ1) is 14.1. The molecule has 1 N–H and O–H groups in total. The first-order valence-electron chi connectivity index (χ1n) is 9.03. The zero-order valence-corrected chi connectivity index (χ0v) is 16.3. The lowest BCUT2D eigenvalue weighted by molar-refractivity contribution is 0.326. The molecule has 0 amide bonds. The second-order valence-electron chi connectivity index (χ2n) is 6.18. The summed E-state index contributed by atoms with van der Waals surface area (Å²) in [5.41, 5.74) is 2.83. The Labute approximate surface area is 167 Å². The number of hydrogen-bond donors (Lipinski definition) is 1. The molecule has 8 nitrogen and oxygen atoms in total. The van der Waals surface area contributed by atoms with Crippen LogP contribution >= 0.6 is 0 Å². The molecule has 0 atom stereocenters. The molecule has 4 rings (SSSR count). The van der Waals surface area contributed by atoms with Crippen LogP contribution in [0.1, 0.15) is 6.92 Å². The van der Waals surface area contributed by atoms with Gasteiger partial charge in [0.1, 0.15) is 0 Å². The molecule has 0 aliphatic heterocycles. The number of aromatic nitrogens is 4. The summed E-state index contributed by atoms with van der Waals surface area (Å²) in [4.78, 5) is 13.2. The van der Waals surface area contributed by atoms with Crippen molar-refractivity contribution in [1.82, 2.24) is 19.5 Å². The van der Waals surface area contributed by atoms with Crippen molar-refractivity contribution in [3.63, 3.8) is 0 Å². The Morgan fingerprint density at radius 2 is 1.90 bits per heavy atom. The first-order valence-corrected chi connectivity index (χ1v) is 9.03. The van der Waals surface area contributed by atoms with Crippen LogP contribution in [0.4, 0.5) is 0 Å². The Morgan fingerprint density at radius 1 is 1.03 bits per heavy atom. The van der Waals surface area contributed by atoms with E-state index in [1.54, 1.807) is 36.3 Å². The summed E-state index contributed by atoms with van der Waals surface area (Å²) in [6, 6.07) is 9.05. The van der Waals surface area contributed by atoms with Gasteiger partial charge in [0.25, 0.3) is 5.88 Å². The highest BCUT2D eigenvalue weighted by Crippen LogP contribution is 2.33. The monoisotopic (exact) mass is 392 g/mol. The van der Waals surface area contributed by atoms with E-state index in [0.717, 1.165) is 5.56 Å². The zero-order chi connectivity index (χ0) is 20.4. The molecular formula is C21H20N4O4. The highest BCUT2D eigenvalue weighted by Gasteiger charge is 2.14. The summed E-state index contributed by atoms with van der Waals surface area (Å²) in [5, 5.41) is 11.3. The molecule has 0 aromatic carbocycles. The average Bonchev–Trinajstić information content (AvgIpc) is 3.10. The van der Waals surface area contributed by atoms with Crippen molar-refractivity contribution >= 4 is 10.9 Å². The molecule has 4 heterocycles. The molecule has 0 saturated heterocycles. The molecule has 0 bridgehead atoms. The number of nitrogens with zero attached hydrogens (tertiary/aromatic N) is 4. The molecule has 0 radical (unpaired) electrons. The van der Waals surface area contributed by atoms with Crippen molar-refractivity contribution in [2.75, 3.05) is 20.8 Å². The third-order valence-electron chi connectivity index (χ3n) is 4.46. The van der Waals surface area contributed by atoms with E-state index < -0.39 is 0 Å². The number of rotatable bonds is 6. The normalized spacial score (nSPS) is 10.9. The molecule has 0 spiro atoms. The Balaban J connectivity index is 1.74. The maximum absolute atomic E-state index is 10.6. The molecule has 4 aromatic heterocycles. The number of fused-ring (bicyclic) bond motifs is 1. The molecule has 29 heavy (non-hydrogen) atoms. The van der Waals surface area contributed by atoms with Crippen LogP contribution in [0.3, 0.4) is 0 Å². The molecule has 4 aromatic rings. The predicted molar refractivity (Wildman–Crippen MR) is 108 cm³/mol. The number of aromatic hydroxyl groups is 1. The highest BCUT2D eigenvalue weighted by molar-refractivity contribution is 5.87. The fourth-order valence-corrected chi connectivity index (χ4v) is 3.05. The Hall–Kier alpha value is -3.81. The lowest BCUT2D eigenvalue weighted by Gasteiger charge is -2.08. The fraction of sp³-hybridized carbons (Fsp3) is 0.190. The Kier molecular flexibility index (Phi) is 4.90. The molecule has 0 unspecified atom stereocenters. The quantitative estimate of drug-likeness (QED) is 0.536. The van der Waals surface area contributed by atoms with Gasteiger partial charge in [0.15, 0.2) is 5.75 Å². The summed E-state index contributed by atoms with van der Waals surface area (Å²) in [6.45, 7) is 2.44. The summed E-state index contributed by atoms with van der Waals surface area (Å²) in [5.74, 6) is 1.56. The number of pyridine rings is 3. The van der Waals surface area contributed by atoms with Crippen molar-refractivity contribution in [3.8, 4) is 40.3 Å². The van der Waals surface area contributed by atoms with E-state index in [4.69, 9.17) is 14.2 Å². The van der Waals surface area contributed by atoms with E-state index in [1.807, 2.05) is 31.2 Å². The molecule has 0 aliphatic carbocycles. The van der Waals surface area contributed by atoms with Crippen LogP contribution < -0.4 is 14.2 Å². The maximum Gasteiger partial charge on any atom is 0.256 e. The number of methoxy groups -OCH3 is 2. The van der Waals surface area contributed by atoms with Gasteiger partial charge in [-0.25, -0.2) is 15.0 Å². The topological polar surface area (TPSA) is 91.5 Å². The maximum atomic E-state index is 10.6. The van der Waals surface area contributed by atoms with Crippen molar-refractivity contribution in [3.05, 3.63) is 48.9 Å². The van der Waals surface area contributed by atoms with Gasteiger partial charge in [-0.2, -0.15) is 0 Å². The van der Waals surface area contributed by atoms with Gasteiger partial charge in [-0.15, -0.1) is 0 Å². The van der Waals surface area contributed by atoms with Crippen molar-refractivity contribution in [2.45, 2.75) is 6.92 Å². The van der Waals surface area contributed by atoms with Gasteiger partial charge >= 0.3 is 0 Å². The first kappa shape index (κ1) is 18.5. The average molecular weight is 392 g/mol. The Bertz CT molecular complexity index is 1160. The van der Waals surface area contributed by atoms with Gasteiger partial charge in [-0.1, -0.05) is 0 Å². The van der Waals surface area contributed by atoms with Crippen LogP contribution in [0.25, 0.3) is 27.8 Å². The van der Waals surface area contributed by atoms with Crippen molar-refractivity contribution in [2.24, 2.45) is 0 Å². The van der Waals surface area contributed by atoms with Crippen LogP contribution in [0.2, 0.25) is 0 Å². The highest BCUT2D eigenvalue weighted by atomic mass is 16.5. The van der Waals surface area contributed by atoms with Gasteiger partial charge in [0.2, 0.25) is 11.8 Å². The molecule has 0 fully saturated rings. The predicted octanol–water partition coefficient (Wildman–Crippen LogP) is 3.60. The van der Waals surface area contributed by atoms with E-state index in [1.165, 1.54) is 7.11 Å². The summed E-state index contributed by atoms with van der Waals surface area (Å²) in [7, 11) is 3.10. The van der Waals surface area contributed by atoms with Crippen molar-refractivity contribution in [1.29, 1.82) is 0 Å². The SMILES string of the molecule is CCOc1ccc(-n2cc3nc(-c4cnc(OC)c(OC)c4)ccc3c2O)cn1. The van der Waals surface area contributed by atoms with Crippen LogP contribution in [-0.4, -0.2) is 45.5 Å². The molecule has 0 aliphatic rings. The summed E-state index contributed by atoms with van der Waals surface area (Å²) < 4.78 is 17.5. The number of hydrogen-bond acceptors (Lipinski definition) is 7. The largest absolute Gasteiger partial charge is 0.494 e. The molecular weight excluding hydrogens is 372 g/mol. The van der Waals surface area contributed by atoms with Gasteiger partial charge < -0.3 is 19.3 Å². The fourth-order valence-electron chi connectivity index (χ4n) is 3.05. The van der Waals surface area contributed by atoms with E-state index >= 15 is 0 Å². The molecule has 8 heteroatoms. The Morgan fingerprint density at radius 3 is 2.59 bits per heavy atom. The van der Waals surface area contributed by atoms with Crippen LogP contribution in [0, 0.1) is 0 Å². The lowest BCUT2D eigenvalue weighted by Crippen LogP contribution is -1.96. The second-order valence-corrected chi connectivity index (χ2v) is 6.18.